The normalized spacial score (nSPS) is 18.4. The second kappa shape index (κ2) is 8.57. The lowest BCUT2D eigenvalue weighted by atomic mass is 10.0. The summed E-state index contributed by atoms with van der Waals surface area (Å²) in [5.41, 5.74) is 1.81. The fraction of sp³-hybridized carbons (Fsp3) is 0.348. The van der Waals surface area contributed by atoms with Gasteiger partial charge in [0.25, 0.3) is 5.91 Å². The predicted octanol–water partition coefficient (Wildman–Crippen LogP) is 2.35. The zero-order valence-corrected chi connectivity index (χ0v) is 17.0. The molecule has 0 spiro atoms. The second-order valence-corrected chi connectivity index (χ2v) is 7.54. The van der Waals surface area contributed by atoms with E-state index >= 15 is 0 Å². The van der Waals surface area contributed by atoms with Crippen molar-refractivity contribution in [3.05, 3.63) is 59.7 Å². The third kappa shape index (κ3) is 3.75. The number of para-hydroxylation sites is 2. The van der Waals surface area contributed by atoms with E-state index in [0.29, 0.717) is 36.5 Å². The average Bonchev–Trinajstić information content (AvgIpc) is 2.88. The maximum absolute atomic E-state index is 13.3. The summed E-state index contributed by atoms with van der Waals surface area (Å²) in [5.74, 6) is 0.0687. The lowest BCUT2D eigenvalue weighted by Crippen LogP contribution is -2.52. The number of fused-ring (bicyclic) bond motifs is 2. The molecule has 2 aliphatic heterocycles. The third-order valence-electron chi connectivity index (χ3n) is 5.71. The predicted molar refractivity (Wildman–Crippen MR) is 112 cm³/mol. The highest BCUT2D eigenvalue weighted by molar-refractivity contribution is 6.12. The molecule has 2 aliphatic rings. The number of piperidine rings is 1. The van der Waals surface area contributed by atoms with E-state index in [2.05, 4.69) is 5.32 Å². The van der Waals surface area contributed by atoms with Gasteiger partial charge >= 0.3 is 0 Å². The first kappa shape index (κ1) is 19.9. The SMILES string of the molecule is COc1ccccc1CNC(=O)CN1C(=O)[C@H]2CCCCN2C(=O)c2ccccc21. The Kier molecular flexibility index (Phi) is 5.70. The highest BCUT2D eigenvalue weighted by atomic mass is 16.5. The minimum absolute atomic E-state index is 0.136. The first-order valence-electron chi connectivity index (χ1n) is 10.2. The third-order valence-corrected chi connectivity index (χ3v) is 5.71. The minimum atomic E-state index is -0.513. The van der Waals surface area contributed by atoms with Crippen LogP contribution in [0.1, 0.15) is 35.2 Å². The van der Waals surface area contributed by atoms with E-state index in [0.717, 1.165) is 18.4 Å². The Labute approximate surface area is 175 Å². The Morgan fingerprint density at radius 2 is 1.87 bits per heavy atom. The number of benzene rings is 2. The van der Waals surface area contributed by atoms with Crippen molar-refractivity contribution in [3.8, 4) is 5.75 Å². The molecule has 1 N–H and O–H groups in total. The van der Waals surface area contributed by atoms with Gasteiger partial charge in [0.05, 0.1) is 18.4 Å². The van der Waals surface area contributed by atoms with Gasteiger partial charge < -0.3 is 19.9 Å². The largest absolute Gasteiger partial charge is 0.496 e. The van der Waals surface area contributed by atoms with Gasteiger partial charge in [0.2, 0.25) is 11.8 Å². The van der Waals surface area contributed by atoms with Gasteiger partial charge in [-0.05, 0) is 37.5 Å². The molecular formula is C23H25N3O4. The lowest BCUT2D eigenvalue weighted by molar-refractivity contribution is -0.126. The van der Waals surface area contributed by atoms with E-state index < -0.39 is 6.04 Å². The van der Waals surface area contributed by atoms with Gasteiger partial charge in [-0.15, -0.1) is 0 Å². The number of nitrogens with zero attached hydrogens (tertiary/aromatic N) is 2. The van der Waals surface area contributed by atoms with Crippen molar-refractivity contribution in [1.29, 1.82) is 0 Å². The maximum atomic E-state index is 13.3. The summed E-state index contributed by atoms with van der Waals surface area (Å²) in [6.45, 7) is 0.723. The van der Waals surface area contributed by atoms with Crippen molar-refractivity contribution in [2.75, 3.05) is 25.1 Å². The summed E-state index contributed by atoms with van der Waals surface area (Å²) in [4.78, 5) is 42.3. The number of hydrogen-bond donors (Lipinski definition) is 1. The van der Waals surface area contributed by atoms with Gasteiger partial charge in [0, 0.05) is 18.7 Å². The molecular weight excluding hydrogens is 382 g/mol. The summed E-state index contributed by atoms with van der Waals surface area (Å²) in [6, 6.07) is 14.0. The zero-order valence-electron chi connectivity index (χ0n) is 17.0. The van der Waals surface area contributed by atoms with E-state index in [1.807, 2.05) is 24.3 Å². The Morgan fingerprint density at radius 1 is 1.10 bits per heavy atom. The molecule has 0 aliphatic carbocycles. The van der Waals surface area contributed by atoms with Gasteiger partial charge in [-0.25, -0.2) is 0 Å². The molecule has 156 valence electrons. The van der Waals surface area contributed by atoms with Gasteiger partial charge in [0.15, 0.2) is 0 Å². The van der Waals surface area contributed by atoms with Gasteiger partial charge in [-0.1, -0.05) is 30.3 Å². The zero-order chi connectivity index (χ0) is 21.1. The molecule has 4 rings (SSSR count). The van der Waals surface area contributed by atoms with Crippen molar-refractivity contribution < 1.29 is 19.1 Å². The fourth-order valence-electron chi connectivity index (χ4n) is 4.18. The maximum Gasteiger partial charge on any atom is 0.256 e. The highest BCUT2D eigenvalue weighted by Crippen LogP contribution is 2.31. The van der Waals surface area contributed by atoms with Crippen LogP contribution in [-0.4, -0.2) is 48.9 Å². The summed E-state index contributed by atoms with van der Waals surface area (Å²) in [7, 11) is 1.58. The van der Waals surface area contributed by atoms with Crippen LogP contribution >= 0.6 is 0 Å². The van der Waals surface area contributed by atoms with Gasteiger partial charge in [-0.2, -0.15) is 0 Å². The van der Waals surface area contributed by atoms with Crippen molar-refractivity contribution in [1.82, 2.24) is 10.2 Å². The molecule has 30 heavy (non-hydrogen) atoms. The molecule has 2 aromatic carbocycles. The molecule has 2 aromatic rings. The molecule has 1 fully saturated rings. The monoisotopic (exact) mass is 407 g/mol. The molecule has 7 heteroatoms. The number of methoxy groups -OCH3 is 1. The number of rotatable bonds is 5. The Morgan fingerprint density at radius 3 is 2.70 bits per heavy atom. The number of nitrogens with one attached hydrogen (secondary N) is 1. The number of hydrogen-bond acceptors (Lipinski definition) is 4. The van der Waals surface area contributed by atoms with Crippen molar-refractivity contribution in [2.24, 2.45) is 0 Å². The Hall–Kier alpha value is -3.35. The molecule has 1 saturated heterocycles. The van der Waals surface area contributed by atoms with Crippen LogP contribution in [0.3, 0.4) is 0 Å². The molecule has 3 amide bonds. The van der Waals surface area contributed by atoms with Gasteiger partial charge in [0.1, 0.15) is 18.3 Å². The molecule has 1 atom stereocenters. The first-order valence-corrected chi connectivity index (χ1v) is 10.2. The molecule has 2 heterocycles. The van der Waals surface area contributed by atoms with Crippen molar-refractivity contribution in [2.45, 2.75) is 31.8 Å². The lowest BCUT2D eigenvalue weighted by Gasteiger charge is -2.34. The molecule has 0 saturated carbocycles. The van der Waals surface area contributed by atoms with E-state index in [-0.39, 0.29) is 24.3 Å². The van der Waals surface area contributed by atoms with Crippen molar-refractivity contribution in [3.63, 3.8) is 0 Å². The average molecular weight is 407 g/mol. The van der Waals surface area contributed by atoms with E-state index in [1.165, 1.54) is 4.90 Å². The van der Waals surface area contributed by atoms with E-state index in [4.69, 9.17) is 4.74 Å². The van der Waals surface area contributed by atoms with E-state index in [9.17, 15) is 14.4 Å². The standard InChI is InChI=1S/C23H25N3O4/c1-30-20-12-5-2-8-16(20)14-24-21(27)15-26-18-10-4-3-9-17(18)22(28)25-13-7-6-11-19(25)23(26)29/h2-5,8-10,12,19H,6-7,11,13-15H2,1H3,(H,24,27)/t19-/m1/s1. The van der Waals surface area contributed by atoms with Crippen LogP contribution in [0.15, 0.2) is 48.5 Å². The van der Waals surface area contributed by atoms with Crippen molar-refractivity contribution >= 4 is 23.4 Å². The first-order chi connectivity index (χ1) is 14.6. The quantitative estimate of drug-likeness (QED) is 0.825. The van der Waals surface area contributed by atoms with Crippen LogP contribution in [0.5, 0.6) is 5.75 Å². The Balaban J connectivity index is 1.56. The number of carbonyl (C=O) groups excluding carboxylic acids is 3. The van der Waals surface area contributed by atoms with Crippen LogP contribution in [-0.2, 0) is 16.1 Å². The molecule has 0 bridgehead atoms. The second-order valence-electron chi connectivity index (χ2n) is 7.54. The summed E-state index contributed by atoms with van der Waals surface area (Å²) in [5, 5.41) is 2.86. The van der Waals surface area contributed by atoms with Crippen LogP contribution < -0.4 is 15.0 Å². The molecule has 0 unspecified atom stereocenters. The number of amides is 3. The number of carbonyl (C=O) groups is 3. The topological polar surface area (TPSA) is 79.0 Å². The van der Waals surface area contributed by atoms with Crippen LogP contribution in [0.4, 0.5) is 5.69 Å². The summed E-state index contributed by atoms with van der Waals surface area (Å²) >= 11 is 0. The number of ether oxygens (including phenoxy) is 1. The van der Waals surface area contributed by atoms with Gasteiger partial charge in [-0.3, -0.25) is 14.4 Å². The smallest absolute Gasteiger partial charge is 0.256 e. The van der Waals surface area contributed by atoms with E-state index in [1.54, 1.807) is 36.3 Å². The molecule has 7 nitrogen and oxygen atoms in total. The molecule has 0 radical (unpaired) electrons. The fourth-order valence-corrected chi connectivity index (χ4v) is 4.18. The number of anilines is 1. The summed E-state index contributed by atoms with van der Waals surface area (Å²) < 4.78 is 5.32. The Bertz CT molecular complexity index is 974. The van der Waals surface area contributed by atoms with Crippen LogP contribution in [0.2, 0.25) is 0 Å². The molecule has 0 aromatic heterocycles. The summed E-state index contributed by atoms with van der Waals surface area (Å²) in [6.07, 6.45) is 2.40. The highest BCUT2D eigenvalue weighted by Gasteiger charge is 2.40. The minimum Gasteiger partial charge on any atom is -0.496 e. The van der Waals surface area contributed by atoms with Crippen LogP contribution in [0, 0.1) is 0 Å². The van der Waals surface area contributed by atoms with Crippen LogP contribution in [0.25, 0.3) is 0 Å².